The lowest BCUT2D eigenvalue weighted by atomic mass is 9.82. The molecule has 1 saturated carbocycles. The SMILES string of the molecule is c1ccc(-c2ccc(N(c3ccc(-c4ccccc4)cc3)c3ccc(-c4cc(C5CCCCC5)cc5oc6c7ccccc7ccc6c45)cc3)cc2)cc1. The van der Waals surface area contributed by atoms with Crippen molar-refractivity contribution in [2.45, 2.75) is 38.0 Å². The zero-order valence-electron chi connectivity index (χ0n) is 30.3. The van der Waals surface area contributed by atoms with Gasteiger partial charge in [-0.2, -0.15) is 0 Å². The molecule has 0 amide bonds. The van der Waals surface area contributed by atoms with Crippen LogP contribution in [0.5, 0.6) is 0 Å². The molecule has 54 heavy (non-hydrogen) atoms. The van der Waals surface area contributed by atoms with Crippen LogP contribution in [0.1, 0.15) is 43.6 Å². The molecule has 2 nitrogen and oxygen atoms in total. The van der Waals surface area contributed by atoms with Crippen molar-refractivity contribution in [3.8, 4) is 33.4 Å². The summed E-state index contributed by atoms with van der Waals surface area (Å²) in [7, 11) is 0. The molecule has 1 heterocycles. The fraction of sp³-hybridized carbons (Fsp3) is 0.115. The highest BCUT2D eigenvalue weighted by molar-refractivity contribution is 6.19. The molecular formula is C52H41NO. The van der Waals surface area contributed by atoms with Gasteiger partial charge < -0.3 is 9.32 Å². The molecule has 8 aromatic carbocycles. The first kappa shape index (κ1) is 32.3. The zero-order chi connectivity index (χ0) is 35.8. The molecular weight excluding hydrogens is 655 g/mol. The van der Waals surface area contributed by atoms with Gasteiger partial charge in [0.15, 0.2) is 0 Å². The fourth-order valence-electron chi connectivity index (χ4n) is 8.66. The molecule has 0 bridgehead atoms. The lowest BCUT2D eigenvalue weighted by Crippen LogP contribution is -2.09. The van der Waals surface area contributed by atoms with E-state index in [-0.39, 0.29) is 0 Å². The number of hydrogen-bond acceptors (Lipinski definition) is 2. The van der Waals surface area contributed by atoms with Crippen LogP contribution < -0.4 is 4.90 Å². The molecule has 260 valence electrons. The molecule has 0 saturated heterocycles. The third-order valence-electron chi connectivity index (χ3n) is 11.5. The van der Waals surface area contributed by atoms with Crippen molar-refractivity contribution >= 4 is 49.8 Å². The fourth-order valence-corrected chi connectivity index (χ4v) is 8.66. The van der Waals surface area contributed by atoms with Crippen LogP contribution in [-0.4, -0.2) is 0 Å². The van der Waals surface area contributed by atoms with Crippen molar-refractivity contribution in [2.75, 3.05) is 4.90 Å². The molecule has 0 aliphatic heterocycles. The van der Waals surface area contributed by atoms with E-state index in [0.29, 0.717) is 5.92 Å². The van der Waals surface area contributed by atoms with Crippen LogP contribution >= 0.6 is 0 Å². The quantitative estimate of drug-likeness (QED) is 0.165. The van der Waals surface area contributed by atoms with E-state index in [0.717, 1.165) is 28.2 Å². The van der Waals surface area contributed by atoms with Crippen LogP contribution in [0.4, 0.5) is 17.1 Å². The Bertz CT molecular complexity index is 2620. The van der Waals surface area contributed by atoms with E-state index in [1.54, 1.807) is 0 Å². The lowest BCUT2D eigenvalue weighted by Gasteiger charge is -2.26. The van der Waals surface area contributed by atoms with Crippen molar-refractivity contribution < 1.29 is 4.42 Å². The van der Waals surface area contributed by atoms with E-state index in [4.69, 9.17) is 4.42 Å². The van der Waals surface area contributed by atoms with Crippen LogP contribution in [0.15, 0.2) is 186 Å². The largest absolute Gasteiger partial charge is 0.455 e. The Hall–Kier alpha value is -6.38. The van der Waals surface area contributed by atoms with E-state index in [2.05, 4.69) is 187 Å². The molecule has 10 rings (SSSR count). The number of fused-ring (bicyclic) bond motifs is 5. The average Bonchev–Trinajstić information content (AvgIpc) is 3.65. The summed E-state index contributed by atoms with van der Waals surface area (Å²) >= 11 is 0. The normalized spacial score (nSPS) is 13.5. The zero-order valence-corrected chi connectivity index (χ0v) is 30.3. The van der Waals surface area contributed by atoms with Crippen molar-refractivity contribution in [2.24, 2.45) is 0 Å². The standard InChI is InChI=1S/C52H41NO/c1-4-12-36(13-5-1)39-20-27-44(28-21-39)53(45-29-22-40(23-30-45)37-14-6-2-7-15-37)46-31-24-42(25-32-46)49-34-43(38-16-8-3-9-17-38)35-50-51(49)48-33-26-41-18-10-11-19-47(41)52(48)54-50/h1-2,4-7,10-15,18-35,38H,3,8-9,16-17H2. The maximum Gasteiger partial charge on any atom is 0.143 e. The summed E-state index contributed by atoms with van der Waals surface area (Å²) < 4.78 is 6.81. The van der Waals surface area contributed by atoms with Gasteiger partial charge in [0.2, 0.25) is 0 Å². The van der Waals surface area contributed by atoms with Gasteiger partial charge in [0.1, 0.15) is 11.2 Å². The Kier molecular flexibility index (Phi) is 8.30. The molecule has 0 atom stereocenters. The topological polar surface area (TPSA) is 16.4 Å². The van der Waals surface area contributed by atoms with E-state index in [1.165, 1.54) is 92.6 Å². The first-order valence-electron chi connectivity index (χ1n) is 19.4. The Labute approximate surface area is 316 Å². The average molecular weight is 696 g/mol. The van der Waals surface area contributed by atoms with Gasteiger partial charge in [-0.1, -0.05) is 147 Å². The summed E-state index contributed by atoms with van der Waals surface area (Å²) in [5, 5.41) is 4.75. The van der Waals surface area contributed by atoms with Crippen LogP contribution in [0.25, 0.3) is 66.1 Å². The van der Waals surface area contributed by atoms with Gasteiger partial charge in [-0.25, -0.2) is 0 Å². The predicted molar refractivity (Wildman–Crippen MR) is 228 cm³/mol. The van der Waals surface area contributed by atoms with Gasteiger partial charge in [-0.3, -0.25) is 0 Å². The number of furan rings is 1. The highest BCUT2D eigenvalue weighted by Gasteiger charge is 2.22. The van der Waals surface area contributed by atoms with Crippen molar-refractivity contribution in [1.82, 2.24) is 0 Å². The molecule has 1 aromatic heterocycles. The van der Waals surface area contributed by atoms with Crippen LogP contribution in [0.2, 0.25) is 0 Å². The molecule has 1 aliphatic rings. The van der Waals surface area contributed by atoms with Gasteiger partial charge in [0.05, 0.1) is 0 Å². The highest BCUT2D eigenvalue weighted by Crippen LogP contribution is 2.44. The highest BCUT2D eigenvalue weighted by atomic mass is 16.3. The number of rotatable bonds is 7. The number of nitrogens with zero attached hydrogens (tertiary/aromatic N) is 1. The molecule has 0 radical (unpaired) electrons. The second-order valence-corrected chi connectivity index (χ2v) is 14.8. The second kappa shape index (κ2) is 13.9. The molecule has 1 fully saturated rings. The summed E-state index contributed by atoms with van der Waals surface area (Å²) in [4.78, 5) is 2.36. The van der Waals surface area contributed by atoms with Gasteiger partial charge >= 0.3 is 0 Å². The van der Waals surface area contributed by atoms with Crippen molar-refractivity contribution in [3.63, 3.8) is 0 Å². The summed E-state index contributed by atoms with van der Waals surface area (Å²) in [6.07, 6.45) is 6.42. The van der Waals surface area contributed by atoms with E-state index >= 15 is 0 Å². The summed E-state index contributed by atoms with van der Waals surface area (Å²) in [6.45, 7) is 0. The number of benzene rings is 8. The van der Waals surface area contributed by atoms with Crippen molar-refractivity contribution in [3.05, 3.63) is 188 Å². The third-order valence-corrected chi connectivity index (χ3v) is 11.5. The summed E-state index contributed by atoms with van der Waals surface area (Å²) in [5.41, 5.74) is 14.0. The lowest BCUT2D eigenvalue weighted by molar-refractivity contribution is 0.443. The minimum Gasteiger partial charge on any atom is -0.455 e. The predicted octanol–water partition coefficient (Wildman–Crippen LogP) is 15.3. The summed E-state index contributed by atoms with van der Waals surface area (Å²) in [5.74, 6) is 0.569. The smallest absolute Gasteiger partial charge is 0.143 e. The summed E-state index contributed by atoms with van der Waals surface area (Å²) in [6, 6.07) is 66.1. The molecule has 9 aromatic rings. The van der Waals surface area contributed by atoms with E-state index < -0.39 is 0 Å². The Morgan fingerprint density at radius 3 is 1.54 bits per heavy atom. The van der Waals surface area contributed by atoms with E-state index in [9.17, 15) is 0 Å². The molecule has 2 heteroatoms. The Morgan fingerprint density at radius 2 is 0.944 bits per heavy atom. The van der Waals surface area contributed by atoms with Gasteiger partial charge in [0, 0.05) is 33.2 Å². The maximum atomic E-state index is 6.81. The molecule has 1 aliphatic carbocycles. The van der Waals surface area contributed by atoms with Gasteiger partial charge in [-0.05, 0) is 118 Å². The minimum absolute atomic E-state index is 0.569. The monoisotopic (exact) mass is 695 g/mol. The Morgan fingerprint density at radius 1 is 0.426 bits per heavy atom. The van der Waals surface area contributed by atoms with Crippen LogP contribution in [0, 0.1) is 0 Å². The van der Waals surface area contributed by atoms with Crippen molar-refractivity contribution in [1.29, 1.82) is 0 Å². The van der Waals surface area contributed by atoms with E-state index in [1.807, 2.05) is 0 Å². The molecule has 0 unspecified atom stereocenters. The third kappa shape index (κ3) is 5.94. The minimum atomic E-state index is 0.569. The van der Waals surface area contributed by atoms with Gasteiger partial charge in [-0.15, -0.1) is 0 Å². The van der Waals surface area contributed by atoms with Crippen LogP contribution in [-0.2, 0) is 0 Å². The Balaban J connectivity index is 1.09. The maximum absolute atomic E-state index is 6.81. The first-order valence-corrected chi connectivity index (χ1v) is 19.4. The molecule has 0 spiro atoms. The van der Waals surface area contributed by atoms with Crippen LogP contribution in [0.3, 0.4) is 0 Å². The van der Waals surface area contributed by atoms with Gasteiger partial charge in [0.25, 0.3) is 0 Å². The number of anilines is 3. The second-order valence-electron chi connectivity index (χ2n) is 14.8. The molecule has 0 N–H and O–H groups in total. The first-order chi connectivity index (χ1) is 26.8. The number of hydrogen-bond donors (Lipinski definition) is 0.